The summed E-state index contributed by atoms with van der Waals surface area (Å²) in [6, 6.07) is 4.47. The third kappa shape index (κ3) is 2.45. The van der Waals surface area contributed by atoms with E-state index in [2.05, 4.69) is 0 Å². The van der Waals surface area contributed by atoms with Gasteiger partial charge in [0.15, 0.2) is 11.6 Å². The second kappa shape index (κ2) is 4.60. The van der Waals surface area contributed by atoms with Crippen LogP contribution in [0.25, 0.3) is 0 Å². The molecule has 0 aliphatic rings. The van der Waals surface area contributed by atoms with Gasteiger partial charge >= 0.3 is 6.41 Å². The van der Waals surface area contributed by atoms with Crippen LogP contribution in [0, 0.1) is 5.82 Å². The van der Waals surface area contributed by atoms with E-state index in [0.717, 1.165) is 5.56 Å². The van der Waals surface area contributed by atoms with Gasteiger partial charge in [0.2, 0.25) is 0 Å². The Balaban J connectivity index is 2.84. The first-order valence-electron chi connectivity index (χ1n) is 4.08. The van der Waals surface area contributed by atoms with E-state index < -0.39 is 5.82 Å². The summed E-state index contributed by atoms with van der Waals surface area (Å²) >= 11 is 0. The largest absolute Gasteiger partial charge is 0.494 e. The number of hydrogen-bond donors (Lipinski definition) is 0. The van der Waals surface area contributed by atoms with Crippen LogP contribution in [-0.4, -0.2) is 25.5 Å². The van der Waals surface area contributed by atoms with Gasteiger partial charge in [-0.05, 0) is 17.7 Å². The molecule has 3 nitrogen and oxygen atoms in total. The van der Waals surface area contributed by atoms with Crippen molar-refractivity contribution >= 4 is 6.41 Å². The van der Waals surface area contributed by atoms with Crippen molar-refractivity contribution in [2.45, 2.75) is 6.54 Å². The molecule has 1 rings (SSSR count). The van der Waals surface area contributed by atoms with Gasteiger partial charge in [-0.2, -0.15) is 0 Å². The fourth-order valence-electron chi connectivity index (χ4n) is 1.11. The minimum Gasteiger partial charge on any atom is -0.494 e. The lowest BCUT2D eigenvalue weighted by Crippen LogP contribution is -2.14. The van der Waals surface area contributed by atoms with Crippen molar-refractivity contribution in [1.29, 1.82) is 0 Å². The van der Waals surface area contributed by atoms with Gasteiger partial charge in [-0.25, -0.2) is 4.39 Å². The number of amides is 1. The number of ether oxygens (including phenoxy) is 1. The molecule has 0 aliphatic carbocycles. The first-order valence-corrected chi connectivity index (χ1v) is 4.08. The third-order valence-corrected chi connectivity index (χ3v) is 1.79. The Hall–Kier alpha value is -1.58. The molecule has 1 amide bonds. The van der Waals surface area contributed by atoms with Crippen LogP contribution >= 0.6 is 0 Å². The van der Waals surface area contributed by atoms with Gasteiger partial charge in [-0.1, -0.05) is 6.07 Å². The smallest absolute Gasteiger partial charge is 0.312 e. The molecule has 1 aromatic carbocycles. The van der Waals surface area contributed by atoms with Crippen LogP contribution in [0.4, 0.5) is 4.39 Å². The summed E-state index contributed by atoms with van der Waals surface area (Å²) in [5.74, 6) is -0.226. The fourth-order valence-corrected chi connectivity index (χ4v) is 1.11. The van der Waals surface area contributed by atoms with Crippen LogP contribution in [0.15, 0.2) is 18.2 Å². The first-order chi connectivity index (χ1) is 6.67. The van der Waals surface area contributed by atoms with Crippen LogP contribution in [-0.2, 0) is 11.3 Å². The predicted molar refractivity (Wildman–Crippen MR) is 50.1 cm³/mol. The summed E-state index contributed by atoms with van der Waals surface area (Å²) < 4.78 is 17.8. The van der Waals surface area contributed by atoms with Crippen molar-refractivity contribution in [3.63, 3.8) is 0 Å². The normalized spacial score (nSPS) is 9.64. The molecule has 4 heteroatoms. The van der Waals surface area contributed by atoms with E-state index in [4.69, 9.17) is 4.74 Å². The van der Waals surface area contributed by atoms with Crippen molar-refractivity contribution in [1.82, 2.24) is 4.90 Å². The number of benzene rings is 1. The lowest BCUT2D eigenvalue weighted by molar-refractivity contribution is 0.383. The quantitative estimate of drug-likeness (QED) is 0.680. The Morgan fingerprint density at radius 3 is 2.86 bits per heavy atom. The molecule has 1 radical (unpaired) electrons. The van der Waals surface area contributed by atoms with Crippen molar-refractivity contribution in [3.05, 3.63) is 29.6 Å². The SMILES string of the molecule is COc1cc(CN(C)[C]=O)ccc1F. The molecule has 0 bridgehead atoms. The summed E-state index contributed by atoms with van der Waals surface area (Å²) in [5, 5.41) is 0. The number of nitrogens with zero attached hydrogens (tertiary/aromatic N) is 1. The summed E-state index contributed by atoms with van der Waals surface area (Å²) in [6.45, 7) is 0.389. The van der Waals surface area contributed by atoms with Gasteiger partial charge in [-0.15, -0.1) is 0 Å². The monoisotopic (exact) mass is 196 g/mol. The lowest BCUT2D eigenvalue weighted by Gasteiger charge is -2.10. The molecule has 0 spiro atoms. The maximum absolute atomic E-state index is 13.0. The van der Waals surface area contributed by atoms with Crippen LogP contribution in [0.3, 0.4) is 0 Å². The standard InChI is InChI=1S/C10H11FNO2/c1-12(7-13)6-8-3-4-9(11)10(5-8)14-2/h3-5H,6H2,1-2H3. The van der Waals surface area contributed by atoms with Gasteiger partial charge in [0.1, 0.15) is 0 Å². The van der Waals surface area contributed by atoms with Gasteiger partial charge in [-0.3, -0.25) is 4.79 Å². The van der Waals surface area contributed by atoms with Gasteiger partial charge in [0, 0.05) is 13.6 Å². The van der Waals surface area contributed by atoms with Crippen LogP contribution in [0.2, 0.25) is 0 Å². The molecule has 0 aromatic heterocycles. The van der Waals surface area contributed by atoms with Gasteiger partial charge in [0.25, 0.3) is 0 Å². The fraction of sp³-hybridized carbons (Fsp3) is 0.300. The number of carbonyl (C=O) groups excluding carboxylic acids is 1. The second-order valence-corrected chi connectivity index (χ2v) is 2.92. The molecule has 14 heavy (non-hydrogen) atoms. The van der Waals surface area contributed by atoms with Gasteiger partial charge in [0.05, 0.1) is 7.11 Å². The summed E-state index contributed by atoms with van der Waals surface area (Å²) in [7, 11) is 3.00. The van der Waals surface area contributed by atoms with E-state index in [1.807, 2.05) is 0 Å². The summed E-state index contributed by atoms with van der Waals surface area (Å²) in [4.78, 5) is 11.6. The van der Waals surface area contributed by atoms with Crippen molar-refractivity contribution in [2.24, 2.45) is 0 Å². The molecule has 0 unspecified atom stereocenters. The molecule has 0 atom stereocenters. The highest BCUT2D eigenvalue weighted by atomic mass is 19.1. The maximum atomic E-state index is 13.0. The first kappa shape index (κ1) is 10.5. The van der Waals surface area contributed by atoms with Crippen molar-refractivity contribution in [2.75, 3.05) is 14.2 Å². The molecular formula is C10H11FNO2. The highest BCUT2D eigenvalue weighted by Gasteiger charge is 2.04. The van der Waals surface area contributed by atoms with E-state index in [0.29, 0.717) is 6.54 Å². The Bertz CT molecular complexity index is 328. The van der Waals surface area contributed by atoms with E-state index in [-0.39, 0.29) is 5.75 Å². The Kier molecular flexibility index (Phi) is 3.45. The molecule has 0 saturated heterocycles. The van der Waals surface area contributed by atoms with Crippen LogP contribution in [0.5, 0.6) is 5.75 Å². The van der Waals surface area contributed by atoms with Gasteiger partial charge < -0.3 is 9.64 Å². The molecule has 1 aromatic rings. The average Bonchev–Trinajstić information content (AvgIpc) is 2.20. The number of hydrogen-bond acceptors (Lipinski definition) is 2. The predicted octanol–water partition coefficient (Wildman–Crippen LogP) is 1.33. The number of halogens is 1. The summed E-state index contributed by atoms with van der Waals surface area (Å²) in [6.07, 6.45) is 1.71. The molecule has 0 saturated carbocycles. The zero-order valence-corrected chi connectivity index (χ0v) is 8.08. The second-order valence-electron chi connectivity index (χ2n) is 2.92. The zero-order chi connectivity index (χ0) is 10.6. The van der Waals surface area contributed by atoms with E-state index in [9.17, 15) is 9.18 Å². The zero-order valence-electron chi connectivity index (χ0n) is 8.08. The number of methoxy groups -OCH3 is 1. The molecule has 0 fully saturated rings. The third-order valence-electron chi connectivity index (χ3n) is 1.79. The van der Waals surface area contributed by atoms with E-state index in [1.54, 1.807) is 25.6 Å². The molecule has 75 valence electrons. The topological polar surface area (TPSA) is 29.5 Å². The summed E-state index contributed by atoms with van der Waals surface area (Å²) in [5.41, 5.74) is 0.800. The average molecular weight is 196 g/mol. The minimum atomic E-state index is -0.408. The Morgan fingerprint density at radius 1 is 1.57 bits per heavy atom. The van der Waals surface area contributed by atoms with Crippen LogP contribution in [0.1, 0.15) is 5.56 Å². The van der Waals surface area contributed by atoms with E-state index in [1.165, 1.54) is 18.1 Å². The maximum Gasteiger partial charge on any atom is 0.312 e. The van der Waals surface area contributed by atoms with Crippen LogP contribution < -0.4 is 4.74 Å². The van der Waals surface area contributed by atoms with Crippen molar-refractivity contribution in [3.8, 4) is 5.75 Å². The lowest BCUT2D eigenvalue weighted by atomic mass is 10.2. The Morgan fingerprint density at radius 2 is 2.29 bits per heavy atom. The highest BCUT2D eigenvalue weighted by molar-refractivity contribution is 5.48. The Labute approximate surface area is 82.1 Å². The number of rotatable bonds is 4. The van der Waals surface area contributed by atoms with E-state index >= 15 is 0 Å². The molecular weight excluding hydrogens is 185 g/mol. The molecule has 0 heterocycles. The molecule has 0 N–H and O–H groups in total. The minimum absolute atomic E-state index is 0.182. The molecule has 0 aliphatic heterocycles. The van der Waals surface area contributed by atoms with Crippen molar-refractivity contribution < 1.29 is 13.9 Å². The highest BCUT2D eigenvalue weighted by Crippen LogP contribution is 2.18.